The van der Waals surface area contributed by atoms with Crippen LogP contribution in [0, 0.1) is 5.92 Å². The van der Waals surface area contributed by atoms with E-state index in [1.54, 1.807) is 23.1 Å². The molecule has 1 aromatic carbocycles. The van der Waals surface area contributed by atoms with Gasteiger partial charge < -0.3 is 19.7 Å². The fraction of sp³-hybridized carbons (Fsp3) is 0.500. The van der Waals surface area contributed by atoms with Gasteiger partial charge in [0.15, 0.2) is 0 Å². The maximum absolute atomic E-state index is 13.2. The maximum Gasteiger partial charge on any atom is 0.408 e. The van der Waals surface area contributed by atoms with Crippen molar-refractivity contribution < 1.29 is 19.1 Å². The van der Waals surface area contributed by atoms with Crippen LogP contribution in [0.1, 0.15) is 32.6 Å². The average Bonchev–Trinajstić information content (AvgIpc) is 3.19. The molecule has 2 amide bonds. The lowest BCUT2D eigenvalue weighted by atomic mass is 10.1. The number of nitrogens with one attached hydrogen (secondary N) is 1. The minimum Gasteiger partial charge on any atom is -0.459 e. The molecule has 3 heterocycles. The van der Waals surface area contributed by atoms with Gasteiger partial charge in [-0.3, -0.25) is 14.2 Å². The van der Waals surface area contributed by atoms with Crippen molar-refractivity contribution in [3.05, 3.63) is 45.7 Å². The molecule has 180 valence electrons. The van der Waals surface area contributed by atoms with Gasteiger partial charge in [0.1, 0.15) is 18.2 Å². The van der Waals surface area contributed by atoms with Gasteiger partial charge in [-0.15, -0.1) is 0 Å². The normalized spacial score (nSPS) is 28.6. The van der Waals surface area contributed by atoms with Crippen LogP contribution in [0.2, 0.25) is 5.02 Å². The van der Waals surface area contributed by atoms with Crippen LogP contribution in [0.4, 0.5) is 4.79 Å². The molecule has 1 aliphatic carbocycles. The lowest BCUT2D eigenvalue weighted by molar-refractivity contribution is -0.129. The number of ether oxygens (including phenoxy) is 2. The van der Waals surface area contributed by atoms with E-state index >= 15 is 0 Å². The quantitative estimate of drug-likeness (QED) is 0.574. The third kappa shape index (κ3) is 4.61. The summed E-state index contributed by atoms with van der Waals surface area (Å²) in [6.07, 6.45) is 6.12. The fourth-order valence-corrected chi connectivity index (χ4v) is 4.86. The molecule has 34 heavy (non-hydrogen) atoms. The topological polar surface area (TPSA) is 103 Å². The number of benzene rings is 1. The summed E-state index contributed by atoms with van der Waals surface area (Å²) in [4.78, 5) is 44.2. The number of aromatic nitrogens is 2. The Labute approximate surface area is 201 Å². The van der Waals surface area contributed by atoms with Crippen molar-refractivity contribution in [1.82, 2.24) is 19.8 Å². The minimum atomic E-state index is -0.565. The standard InChI is InChI=1S/C24H27ClN4O5/c1-24-12-15(24)5-3-2-4-9-29-21(31)18-7-6-16(25)11-19(18)27-22(29)33-17-8-10-28(14-17)20(30)13-26-23(32)34-24/h2,4,6-7,11,15,17H,3,5,8-10,12-14H2,1H3,(H,26,32)/b4-2+/t15-,17-,24-/m1/s1. The summed E-state index contributed by atoms with van der Waals surface area (Å²) in [5, 5.41) is 3.53. The van der Waals surface area contributed by atoms with Gasteiger partial charge in [-0.2, -0.15) is 4.98 Å². The van der Waals surface area contributed by atoms with Gasteiger partial charge in [0, 0.05) is 30.5 Å². The van der Waals surface area contributed by atoms with E-state index in [0.717, 1.165) is 19.3 Å². The van der Waals surface area contributed by atoms with Crippen LogP contribution in [0.15, 0.2) is 35.1 Å². The third-order valence-corrected chi connectivity index (χ3v) is 7.09. The zero-order chi connectivity index (χ0) is 23.9. The van der Waals surface area contributed by atoms with Crippen molar-refractivity contribution in [3.63, 3.8) is 0 Å². The molecule has 1 saturated heterocycles. The number of rotatable bonds is 0. The van der Waals surface area contributed by atoms with Crippen molar-refractivity contribution in [1.29, 1.82) is 0 Å². The number of amides is 2. The Balaban J connectivity index is 1.44. The number of halogens is 1. The Morgan fingerprint density at radius 1 is 1.21 bits per heavy atom. The summed E-state index contributed by atoms with van der Waals surface area (Å²) in [5.41, 5.74) is -0.226. The van der Waals surface area contributed by atoms with Gasteiger partial charge in [-0.25, -0.2) is 4.79 Å². The Kier molecular flexibility index (Phi) is 5.97. The first-order chi connectivity index (χ1) is 16.3. The molecule has 10 heteroatoms. The predicted octanol–water partition coefficient (Wildman–Crippen LogP) is 2.88. The molecular formula is C24H27ClN4O5. The second kappa shape index (κ2) is 8.94. The van der Waals surface area contributed by atoms with E-state index in [2.05, 4.69) is 10.3 Å². The molecule has 0 spiro atoms. The molecule has 1 aromatic heterocycles. The molecule has 1 N–H and O–H groups in total. The number of hydrogen-bond acceptors (Lipinski definition) is 6. The van der Waals surface area contributed by atoms with Gasteiger partial charge in [0.25, 0.3) is 11.6 Å². The first-order valence-corrected chi connectivity index (χ1v) is 12.0. The monoisotopic (exact) mass is 486 g/mol. The fourth-order valence-electron chi connectivity index (χ4n) is 4.69. The van der Waals surface area contributed by atoms with Crippen LogP contribution in [-0.2, 0) is 16.1 Å². The predicted molar refractivity (Wildman–Crippen MR) is 126 cm³/mol. The molecule has 1 saturated carbocycles. The maximum atomic E-state index is 13.2. The summed E-state index contributed by atoms with van der Waals surface area (Å²) >= 11 is 6.12. The number of fused-ring (bicyclic) bond motifs is 5. The molecule has 2 bridgehead atoms. The highest BCUT2D eigenvalue weighted by atomic mass is 35.5. The lowest BCUT2D eigenvalue weighted by Crippen LogP contribution is -2.41. The number of nitrogens with zero attached hydrogens (tertiary/aromatic N) is 3. The average molecular weight is 487 g/mol. The summed E-state index contributed by atoms with van der Waals surface area (Å²) in [5.74, 6) is 0.0609. The van der Waals surface area contributed by atoms with E-state index in [-0.39, 0.29) is 36.0 Å². The van der Waals surface area contributed by atoms with Crippen molar-refractivity contribution >= 4 is 34.5 Å². The molecule has 3 atom stereocenters. The number of hydrogen-bond donors (Lipinski definition) is 1. The smallest absolute Gasteiger partial charge is 0.408 e. The van der Waals surface area contributed by atoms with Crippen molar-refractivity contribution in [3.8, 4) is 6.01 Å². The van der Waals surface area contributed by atoms with Crippen LogP contribution < -0.4 is 15.6 Å². The van der Waals surface area contributed by atoms with Gasteiger partial charge in [0.05, 0.1) is 17.4 Å². The number of allylic oxidation sites excluding steroid dienone is 2. The molecule has 2 aromatic rings. The highest BCUT2D eigenvalue weighted by Crippen LogP contribution is 2.49. The third-order valence-electron chi connectivity index (χ3n) is 6.85. The number of carbonyl (C=O) groups is 2. The Hall–Kier alpha value is -3.07. The Morgan fingerprint density at radius 2 is 2.06 bits per heavy atom. The first-order valence-electron chi connectivity index (χ1n) is 11.6. The second-order valence-electron chi connectivity index (χ2n) is 9.35. The van der Waals surface area contributed by atoms with E-state index in [1.807, 2.05) is 19.1 Å². The van der Waals surface area contributed by atoms with E-state index < -0.39 is 11.7 Å². The summed E-state index contributed by atoms with van der Waals surface area (Å²) in [6, 6.07) is 5.20. The molecule has 5 rings (SSSR count). The lowest BCUT2D eigenvalue weighted by Gasteiger charge is -2.19. The molecular weight excluding hydrogens is 460 g/mol. The van der Waals surface area contributed by atoms with Crippen LogP contribution in [0.5, 0.6) is 6.01 Å². The van der Waals surface area contributed by atoms with Crippen LogP contribution >= 0.6 is 11.6 Å². The number of alkyl carbamates (subject to hydrolysis) is 1. The molecule has 0 unspecified atom stereocenters. The van der Waals surface area contributed by atoms with Gasteiger partial charge in [-0.05, 0) is 44.4 Å². The highest BCUT2D eigenvalue weighted by molar-refractivity contribution is 6.31. The van der Waals surface area contributed by atoms with Gasteiger partial charge in [0.2, 0.25) is 5.91 Å². The van der Waals surface area contributed by atoms with Crippen LogP contribution in [0.3, 0.4) is 0 Å². The summed E-state index contributed by atoms with van der Waals surface area (Å²) in [6.45, 7) is 2.93. The highest BCUT2D eigenvalue weighted by Gasteiger charge is 2.53. The second-order valence-corrected chi connectivity index (χ2v) is 9.78. The molecule has 3 aliphatic rings. The van der Waals surface area contributed by atoms with Gasteiger partial charge >= 0.3 is 6.09 Å². The zero-order valence-electron chi connectivity index (χ0n) is 19.0. The Morgan fingerprint density at radius 3 is 2.91 bits per heavy atom. The molecule has 0 radical (unpaired) electrons. The number of carbonyl (C=O) groups excluding carboxylic acids is 2. The summed E-state index contributed by atoms with van der Waals surface area (Å²) in [7, 11) is 0. The van der Waals surface area contributed by atoms with Gasteiger partial charge in [-0.1, -0.05) is 23.8 Å². The first kappa shape index (κ1) is 22.7. The molecule has 9 nitrogen and oxygen atoms in total. The van der Waals surface area contributed by atoms with Crippen LogP contribution in [0.25, 0.3) is 10.9 Å². The van der Waals surface area contributed by atoms with Crippen LogP contribution in [-0.4, -0.2) is 57.8 Å². The van der Waals surface area contributed by atoms with E-state index in [9.17, 15) is 14.4 Å². The molecule has 2 fully saturated rings. The van der Waals surface area contributed by atoms with Crippen molar-refractivity contribution in [2.24, 2.45) is 5.92 Å². The van der Waals surface area contributed by atoms with E-state index in [1.165, 1.54) is 4.57 Å². The Bertz CT molecular complexity index is 1230. The largest absolute Gasteiger partial charge is 0.459 e. The summed E-state index contributed by atoms with van der Waals surface area (Å²) < 4.78 is 13.2. The van der Waals surface area contributed by atoms with Crippen molar-refractivity contribution in [2.75, 3.05) is 19.6 Å². The van der Waals surface area contributed by atoms with E-state index in [0.29, 0.717) is 42.0 Å². The van der Waals surface area contributed by atoms with E-state index in [4.69, 9.17) is 21.1 Å². The zero-order valence-corrected chi connectivity index (χ0v) is 19.7. The minimum absolute atomic E-state index is 0.132. The SMILES string of the molecule is C[C@@]12C[C@H]1CC/C=C/Cn1c(nc3cc(Cl)ccc3c1=O)O[C@@H]1CCN(C1)C(=O)CNC(=O)O2. The molecule has 2 aliphatic heterocycles. The van der Waals surface area contributed by atoms with Crippen molar-refractivity contribution in [2.45, 2.75) is 50.9 Å².